The minimum atomic E-state index is -1.48. The van der Waals surface area contributed by atoms with Gasteiger partial charge in [-0.3, -0.25) is 4.79 Å². The lowest BCUT2D eigenvalue weighted by Gasteiger charge is -2.20. The number of oxime groups is 1. The number of fused-ring (bicyclic) bond motifs is 1. The van der Waals surface area contributed by atoms with Gasteiger partial charge in [0.2, 0.25) is 0 Å². The number of hydrogen-bond acceptors (Lipinski definition) is 8. The molecule has 1 fully saturated rings. The molecule has 1 aliphatic heterocycles. The molecule has 0 bridgehead atoms. The van der Waals surface area contributed by atoms with Crippen LogP contribution >= 0.6 is 0 Å². The zero-order valence-electron chi connectivity index (χ0n) is 18.3. The van der Waals surface area contributed by atoms with E-state index in [2.05, 4.69) is 10.0 Å². The van der Waals surface area contributed by atoms with Crippen molar-refractivity contribution in [3.05, 3.63) is 75.8 Å². The molecule has 0 radical (unpaired) electrons. The van der Waals surface area contributed by atoms with Crippen molar-refractivity contribution in [2.75, 3.05) is 13.7 Å². The summed E-state index contributed by atoms with van der Waals surface area (Å²) in [6.07, 6.45) is -0.822. The second-order valence-corrected chi connectivity index (χ2v) is 7.60. The van der Waals surface area contributed by atoms with E-state index in [0.29, 0.717) is 0 Å². The number of rotatable bonds is 7. The standard InChI is InChI=1S/C23H23FN2O7/c1-23(33-29-3)31-13-20(32-23)22(25-28)16-9-17(24)11-18(10-16)30-12-14-4-6-19-15(8-14)5-7-21(27)26(19)2/h4-11,20,28H,12-13H2,1-3H3/t20-,23+/m1/s1. The van der Waals surface area contributed by atoms with Crippen molar-refractivity contribution in [1.82, 2.24) is 4.57 Å². The van der Waals surface area contributed by atoms with Crippen LogP contribution in [-0.2, 0) is 32.9 Å². The van der Waals surface area contributed by atoms with Crippen LogP contribution in [0.5, 0.6) is 5.75 Å². The Labute approximate surface area is 188 Å². The van der Waals surface area contributed by atoms with Crippen LogP contribution in [0.1, 0.15) is 18.1 Å². The topological polar surface area (TPSA) is 101 Å². The van der Waals surface area contributed by atoms with Crippen LogP contribution in [0.3, 0.4) is 0 Å². The lowest BCUT2D eigenvalue weighted by molar-refractivity contribution is -0.467. The Bertz CT molecular complexity index is 1260. The first kappa shape index (κ1) is 22.9. The van der Waals surface area contributed by atoms with Gasteiger partial charge in [0.1, 0.15) is 30.0 Å². The van der Waals surface area contributed by atoms with Gasteiger partial charge in [-0.15, -0.1) is 0 Å². The molecule has 10 heteroatoms. The van der Waals surface area contributed by atoms with Crippen LogP contribution in [0.2, 0.25) is 0 Å². The van der Waals surface area contributed by atoms with Crippen LogP contribution < -0.4 is 10.3 Å². The molecule has 3 aromatic rings. The van der Waals surface area contributed by atoms with Crippen molar-refractivity contribution >= 4 is 16.6 Å². The highest BCUT2D eigenvalue weighted by molar-refractivity contribution is 6.04. The summed E-state index contributed by atoms with van der Waals surface area (Å²) in [5.74, 6) is -1.82. The van der Waals surface area contributed by atoms with Crippen molar-refractivity contribution < 1.29 is 33.6 Å². The van der Waals surface area contributed by atoms with Gasteiger partial charge in [-0.05, 0) is 41.3 Å². The number of halogens is 1. The van der Waals surface area contributed by atoms with E-state index in [1.165, 1.54) is 32.2 Å². The van der Waals surface area contributed by atoms with Crippen LogP contribution in [0.15, 0.2) is 58.5 Å². The fourth-order valence-corrected chi connectivity index (χ4v) is 3.68. The first-order chi connectivity index (χ1) is 15.8. The van der Waals surface area contributed by atoms with Crippen LogP contribution in [0, 0.1) is 5.82 Å². The van der Waals surface area contributed by atoms with Gasteiger partial charge in [-0.25, -0.2) is 9.28 Å². The lowest BCUT2D eigenvalue weighted by atomic mass is 10.1. The van der Waals surface area contributed by atoms with E-state index < -0.39 is 17.9 Å². The Balaban J connectivity index is 1.52. The van der Waals surface area contributed by atoms with Crippen molar-refractivity contribution in [3.8, 4) is 5.75 Å². The van der Waals surface area contributed by atoms with Gasteiger partial charge in [-0.1, -0.05) is 11.2 Å². The zero-order chi connectivity index (χ0) is 23.6. The fraction of sp³-hybridized carbons (Fsp3) is 0.304. The Morgan fingerprint density at radius 2 is 2.09 bits per heavy atom. The highest BCUT2D eigenvalue weighted by Gasteiger charge is 2.42. The maximum Gasteiger partial charge on any atom is 0.309 e. The van der Waals surface area contributed by atoms with Gasteiger partial charge in [-0.2, -0.15) is 4.89 Å². The molecule has 1 aliphatic rings. The van der Waals surface area contributed by atoms with Crippen molar-refractivity contribution in [2.24, 2.45) is 12.2 Å². The van der Waals surface area contributed by atoms with Gasteiger partial charge >= 0.3 is 5.97 Å². The first-order valence-corrected chi connectivity index (χ1v) is 10.1. The van der Waals surface area contributed by atoms with Gasteiger partial charge in [0, 0.05) is 31.7 Å². The number of aryl methyl sites for hydroxylation is 1. The summed E-state index contributed by atoms with van der Waals surface area (Å²) < 4.78 is 32.7. The van der Waals surface area contributed by atoms with Crippen LogP contribution in [0.25, 0.3) is 10.9 Å². The molecule has 1 aromatic heterocycles. The van der Waals surface area contributed by atoms with Crippen LogP contribution in [0.4, 0.5) is 4.39 Å². The second kappa shape index (κ2) is 9.28. The molecule has 174 valence electrons. The van der Waals surface area contributed by atoms with E-state index in [1.807, 2.05) is 18.2 Å². The van der Waals surface area contributed by atoms with Gasteiger partial charge in [0.05, 0.1) is 19.2 Å². The smallest absolute Gasteiger partial charge is 0.309 e. The lowest BCUT2D eigenvalue weighted by Crippen LogP contribution is -2.32. The maximum atomic E-state index is 14.3. The normalized spacial score (nSPS) is 21.0. The number of benzene rings is 2. The van der Waals surface area contributed by atoms with Gasteiger partial charge in [0.25, 0.3) is 5.56 Å². The molecule has 0 unspecified atom stereocenters. The Morgan fingerprint density at radius 1 is 1.27 bits per heavy atom. The number of ether oxygens (including phenoxy) is 3. The molecular formula is C23H23FN2O7. The van der Waals surface area contributed by atoms with E-state index in [9.17, 15) is 14.4 Å². The summed E-state index contributed by atoms with van der Waals surface area (Å²) >= 11 is 0. The third kappa shape index (κ3) is 4.88. The van der Waals surface area contributed by atoms with Crippen molar-refractivity contribution in [1.29, 1.82) is 0 Å². The summed E-state index contributed by atoms with van der Waals surface area (Å²) in [6, 6.07) is 12.8. The van der Waals surface area contributed by atoms with E-state index in [4.69, 9.17) is 19.1 Å². The number of pyridine rings is 1. The van der Waals surface area contributed by atoms with E-state index in [0.717, 1.165) is 16.5 Å². The number of aromatic nitrogens is 1. The van der Waals surface area contributed by atoms with Crippen molar-refractivity contribution in [2.45, 2.75) is 25.6 Å². The molecule has 0 saturated carbocycles. The summed E-state index contributed by atoms with van der Waals surface area (Å²) in [5, 5.41) is 13.7. The zero-order valence-corrected chi connectivity index (χ0v) is 18.3. The molecule has 4 rings (SSSR count). The van der Waals surface area contributed by atoms with Gasteiger partial charge in [0.15, 0.2) is 0 Å². The average Bonchev–Trinajstić information content (AvgIpc) is 3.16. The molecule has 1 saturated heterocycles. The molecule has 0 amide bonds. The Morgan fingerprint density at radius 3 is 2.85 bits per heavy atom. The highest BCUT2D eigenvalue weighted by Crippen LogP contribution is 2.28. The predicted octanol–water partition coefficient (Wildman–Crippen LogP) is 3.10. The Kier molecular flexibility index (Phi) is 6.43. The van der Waals surface area contributed by atoms with Crippen molar-refractivity contribution in [3.63, 3.8) is 0 Å². The van der Waals surface area contributed by atoms with E-state index in [1.54, 1.807) is 23.7 Å². The second-order valence-electron chi connectivity index (χ2n) is 7.60. The summed E-state index contributed by atoms with van der Waals surface area (Å²) in [4.78, 5) is 21.3. The minimum absolute atomic E-state index is 0.00551. The molecular weight excluding hydrogens is 435 g/mol. The Hall–Kier alpha value is -3.31. The number of nitrogens with zero attached hydrogens (tertiary/aromatic N) is 2. The van der Waals surface area contributed by atoms with Gasteiger partial charge < -0.3 is 24.0 Å². The fourth-order valence-electron chi connectivity index (χ4n) is 3.68. The average molecular weight is 458 g/mol. The molecule has 1 N–H and O–H groups in total. The first-order valence-electron chi connectivity index (χ1n) is 10.1. The molecule has 9 nitrogen and oxygen atoms in total. The highest BCUT2D eigenvalue weighted by atomic mass is 19.1. The molecule has 2 heterocycles. The molecule has 2 atom stereocenters. The third-order valence-electron chi connectivity index (χ3n) is 5.26. The third-order valence-corrected chi connectivity index (χ3v) is 5.26. The van der Waals surface area contributed by atoms with E-state index >= 15 is 0 Å². The largest absolute Gasteiger partial charge is 0.489 e. The quantitative estimate of drug-likeness (QED) is 0.251. The molecule has 0 spiro atoms. The minimum Gasteiger partial charge on any atom is -0.489 e. The van der Waals surface area contributed by atoms with Crippen LogP contribution in [-0.4, -0.2) is 41.3 Å². The molecule has 33 heavy (non-hydrogen) atoms. The predicted molar refractivity (Wildman–Crippen MR) is 116 cm³/mol. The van der Waals surface area contributed by atoms with E-state index in [-0.39, 0.29) is 35.8 Å². The maximum absolute atomic E-state index is 14.3. The SMILES string of the molecule is COO[C@@]1(C)OC[C@H](C(=NO)c2cc(F)cc(OCc3ccc4c(ccc(=O)n4C)c3)c2)O1. The monoisotopic (exact) mass is 458 g/mol. The summed E-state index contributed by atoms with van der Waals surface area (Å²) in [7, 11) is 3.01. The number of hydrogen-bond donors (Lipinski definition) is 1. The summed E-state index contributed by atoms with van der Waals surface area (Å²) in [6.45, 7) is 1.66. The molecule has 0 aliphatic carbocycles. The molecule has 2 aromatic carbocycles. The summed E-state index contributed by atoms with van der Waals surface area (Å²) in [5.41, 5.74) is 1.85.